The van der Waals surface area contributed by atoms with Gasteiger partial charge >= 0.3 is 0 Å². The molecule has 1 atom stereocenters. The fourth-order valence-electron chi connectivity index (χ4n) is 1.96. The van der Waals surface area contributed by atoms with Crippen LogP contribution >= 0.6 is 12.2 Å². The second kappa shape index (κ2) is 8.09. The van der Waals surface area contributed by atoms with Crippen molar-refractivity contribution in [2.45, 2.75) is 39.7 Å². The first kappa shape index (κ1) is 15.0. The quantitative estimate of drug-likeness (QED) is 0.788. The van der Waals surface area contributed by atoms with Crippen LogP contribution in [0.4, 0.5) is 0 Å². The summed E-state index contributed by atoms with van der Waals surface area (Å²) in [6, 6.07) is 10.7. The number of rotatable bonds is 6. The Hall–Kier alpha value is -1.09. The number of nitrogens with zero attached hydrogens (tertiary/aromatic N) is 1. The van der Waals surface area contributed by atoms with E-state index in [1.165, 1.54) is 5.56 Å². The molecule has 0 heterocycles. The summed E-state index contributed by atoms with van der Waals surface area (Å²) in [6.07, 6.45) is 2.25. The zero-order chi connectivity index (χ0) is 13.4. The predicted octanol–water partition coefficient (Wildman–Crippen LogP) is 3.74. The van der Waals surface area contributed by atoms with Crippen LogP contribution in [0, 0.1) is 0 Å². The number of thiocarbonyl (C=S) groups is 1. The summed E-state index contributed by atoms with van der Waals surface area (Å²) >= 11 is 5.50. The van der Waals surface area contributed by atoms with Crippen LogP contribution in [0.3, 0.4) is 0 Å². The van der Waals surface area contributed by atoms with Crippen molar-refractivity contribution in [2.24, 2.45) is 0 Å². The van der Waals surface area contributed by atoms with Crippen LogP contribution in [0.15, 0.2) is 30.3 Å². The van der Waals surface area contributed by atoms with Gasteiger partial charge in [-0.3, -0.25) is 0 Å². The van der Waals surface area contributed by atoms with Gasteiger partial charge in [0.1, 0.15) is 0 Å². The molecule has 0 aromatic heterocycles. The summed E-state index contributed by atoms with van der Waals surface area (Å²) in [5.74, 6) is 0. The molecule has 0 aliphatic heterocycles. The Balaban J connectivity index is 2.57. The molecule has 0 saturated carbocycles. The highest BCUT2D eigenvalue weighted by molar-refractivity contribution is 7.80. The van der Waals surface area contributed by atoms with Crippen molar-refractivity contribution in [1.29, 1.82) is 0 Å². The van der Waals surface area contributed by atoms with Gasteiger partial charge in [0.25, 0.3) is 0 Å². The summed E-state index contributed by atoms with van der Waals surface area (Å²) in [6.45, 7) is 8.58. The van der Waals surface area contributed by atoms with Crippen LogP contribution in [-0.2, 0) is 0 Å². The zero-order valence-electron chi connectivity index (χ0n) is 11.6. The average molecular weight is 264 g/mol. The molecule has 0 fully saturated rings. The van der Waals surface area contributed by atoms with Crippen molar-refractivity contribution in [2.75, 3.05) is 13.1 Å². The lowest BCUT2D eigenvalue weighted by molar-refractivity contribution is 0.404. The third-order valence-corrected chi connectivity index (χ3v) is 3.29. The van der Waals surface area contributed by atoms with Crippen LogP contribution in [0.1, 0.15) is 45.2 Å². The fourth-order valence-corrected chi connectivity index (χ4v) is 2.32. The van der Waals surface area contributed by atoms with E-state index in [9.17, 15) is 0 Å². The minimum atomic E-state index is 0.259. The van der Waals surface area contributed by atoms with Crippen LogP contribution in [0.2, 0.25) is 0 Å². The Morgan fingerprint density at radius 1 is 1.17 bits per heavy atom. The maximum absolute atomic E-state index is 5.50. The molecule has 1 rings (SSSR count). The van der Waals surface area contributed by atoms with E-state index in [1.54, 1.807) is 0 Å². The first-order chi connectivity index (χ1) is 8.69. The third kappa shape index (κ3) is 4.65. The first-order valence-corrected chi connectivity index (χ1v) is 7.20. The summed E-state index contributed by atoms with van der Waals surface area (Å²) in [5.41, 5.74) is 1.27. The molecule has 0 spiro atoms. The van der Waals surface area contributed by atoms with Crippen LogP contribution in [0.25, 0.3) is 0 Å². The zero-order valence-corrected chi connectivity index (χ0v) is 12.5. The Kier molecular flexibility index (Phi) is 6.73. The van der Waals surface area contributed by atoms with Crippen molar-refractivity contribution in [3.63, 3.8) is 0 Å². The number of hydrogen-bond acceptors (Lipinski definition) is 1. The molecule has 1 aromatic carbocycles. The highest BCUT2D eigenvalue weighted by Gasteiger charge is 2.11. The third-order valence-electron chi connectivity index (χ3n) is 2.91. The highest BCUT2D eigenvalue weighted by atomic mass is 32.1. The van der Waals surface area contributed by atoms with E-state index < -0.39 is 0 Å². The molecule has 0 bridgehead atoms. The van der Waals surface area contributed by atoms with E-state index in [1.807, 2.05) is 6.07 Å². The Morgan fingerprint density at radius 2 is 1.72 bits per heavy atom. The molecule has 100 valence electrons. The topological polar surface area (TPSA) is 15.3 Å². The van der Waals surface area contributed by atoms with Gasteiger partial charge in [-0.15, -0.1) is 0 Å². The smallest absolute Gasteiger partial charge is 0.169 e. The van der Waals surface area contributed by atoms with Gasteiger partial charge in [0.2, 0.25) is 0 Å². The number of nitrogens with one attached hydrogen (secondary N) is 1. The second-order valence-electron chi connectivity index (χ2n) is 4.57. The Morgan fingerprint density at radius 3 is 2.22 bits per heavy atom. The SMILES string of the molecule is CCCN(CCC)C(=S)NC(C)c1ccccc1. The molecule has 0 radical (unpaired) electrons. The summed E-state index contributed by atoms with van der Waals surface area (Å²) in [7, 11) is 0. The molecule has 2 nitrogen and oxygen atoms in total. The first-order valence-electron chi connectivity index (χ1n) is 6.79. The van der Waals surface area contributed by atoms with E-state index in [4.69, 9.17) is 12.2 Å². The van der Waals surface area contributed by atoms with Gasteiger partial charge in [-0.1, -0.05) is 44.2 Å². The molecule has 0 amide bonds. The molecular formula is C15H24N2S. The van der Waals surface area contributed by atoms with Gasteiger partial charge < -0.3 is 10.2 Å². The minimum absolute atomic E-state index is 0.259. The van der Waals surface area contributed by atoms with E-state index in [0.29, 0.717) is 0 Å². The van der Waals surface area contributed by atoms with E-state index in [-0.39, 0.29) is 6.04 Å². The van der Waals surface area contributed by atoms with Gasteiger partial charge in [-0.05, 0) is 37.5 Å². The normalized spacial score (nSPS) is 11.9. The van der Waals surface area contributed by atoms with Crippen LogP contribution in [-0.4, -0.2) is 23.1 Å². The van der Waals surface area contributed by atoms with Crippen LogP contribution in [0.5, 0.6) is 0 Å². The predicted molar refractivity (Wildman–Crippen MR) is 82.7 cm³/mol. The lowest BCUT2D eigenvalue weighted by Gasteiger charge is -2.27. The molecule has 1 aromatic rings. The van der Waals surface area contributed by atoms with Gasteiger partial charge in [0, 0.05) is 13.1 Å². The largest absolute Gasteiger partial charge is 0.356 e. The molecule has 3 heteroatoms. The van der Waals surface area contributed by atoms with Crippen molar-refractivity contribution in [3.05, 3.63) is 35.9 Å². The van der Waals surface area contributed by atoms with Gasteiger partial charge in [-0.25, -0.2) is 0 Å². The average Bonchev–Trinajstić information content (AvgIpc) is 2.39. The summed E-state index contributed by atoms with van der Waals surface area (Å²) < 4.78 is 0. The maximum atomic E-state index is 5.50. The monoisotopic (exact) mass is 264 g/mol. The number of hydrogen-bond donors (Lipinski definition) is 1. The van der Waals surface area contributed by atoms with Gasteiger partial charge in [-0.2, -0.15) is 0 Å². The van der Waals surface area contributed by atoms with E-state index in [2.05, 4.69) is 55.3 Å². The lowest BCUT2D eigenvalue weighted by Crippen LogP contribution is -2.41. The molecule has 18 heavy (non-hydrogen) atoms. The molecule has 1 N–H and O–H groups in total. The van der Waals surface area contributed by atoms with Crippen molar-refractivity contribution < 1.29 is 0 Å². The van der Waals surface area contributed by atoms with Crippen molar-refractivity contribution in [3.8, 4) is 0 Å². The van der Waals surface area contributed by atoms with Gasteiger partial charge in [0.15, 0.2) is 5.11 Å². The Bertz CT molecular complexity index is 345. The molecule has 0 aliphatic carbocycles. The van der Waals surface area contributed by atoms with Crippen molar-refractivity contribution in [1.82, 2.24) is 10.2 Å². The van der Waals surface area contributed by atoms with Crippen LogP contribution < -0.4 is 5.32 Å². The summed E-state index contributed by atoms with van der Waals surface area (Å²) in [5, 5.41) is 4.29. The number of benzene rings is 1. The highest BCUT2D eigenvalue weighted by Crippen LogP contribution is 2.11. The molecule has 0 aliphatic rings. The maximum Gasteiger partial charge on any atom is 0.169 e. The van der Waals surface area contributed by atoms with E-state index in [0.717, 1.165) is 31.0 Å². The molecular weight excluding hydrogens is 240 g/mol. The van der Waals surface area contributed by atoms with E-state index >= 15 is 0 Å². The van der Waals surface area contributed by atoms with Gasteiger partial charge in [0.05, 0.1) is 6.04 Å². The second-order valence-corrected chi connectivity index (χ2v) is 4.96. The molecule has 0 saturated heterocycles. The van der Waals surface area contributed by atoms with Crippen molar-refractivity contribution >= 4 is 17.3 Å². The summed E-state index contributed by atoms with van der Waals surface area (Å²) in [4.78, 5) is 2.26. The fraction of sp³-hybridized carbons (Fsp3) is 0.533. The lowest BCUT2D eigenvalue weighted by atomic mass is 10.1. The Labute approximate surface area is 116 Å². The molecule has 1 unspecified atom stereocenters. The standard InChI is InChI=1S/C15H24N2S/c1-4-11-17(12-5-2)15(18)16-13(3)14-9-7-6-8-10-14/h6-10,13H,4-5,11-12H2,1-3H3,(H,16,18). The minimum Gasteiger partial charge on any atom is -0.356 e.